The number of rotatable bonds is 4. The van der Waals surface area contributed by atoms with Crippen molar-refractivity contribution in [2.45, 2.75) is 39.7 Å². The van der Waals surface area contributed by atoms with Gasteiger partial charge in [-0.2, -0.15) is 0 Å². The largest absolute Gasteiger partial charge is 0.329 e. The monoisotopic (exact) mass is 323 g/mol. The van der Waals surface area contributed by atoms with E-state index in [0.29, 0.717) is 29.7 Å². The smallest absolute Gasteiger partial charge is 0.238 e. The second-order valence-corrected chi connectivity index (χ2v) is 6.79. The maximum atomic E-state index is 12.4. The standard InChI is InChI=1S/C17H26ClN3O/c1-11-7-13(3)17(14(18)8-11)20-16(22)10-21-6-4-5-12(2)15(21)9-19/h7-8,12,15H,4-6,9-10,19H2,1-3H3,(H,20,22). The average Bonchev–Trinajstić information content (AvgIpc) is 2.43. The van der Waals surface area contributed by atoms with E-state index in [9.17, 15) is 4.79 Å². The Bertz CT molecular complexity index is 524. The van der Waals surface area contributed by atoms with Crippen LogP contribution in [0.5, 0.6) is 0 Å². The SMILES string of the molecule is Cc1cc(C)c(NC(=O)CN2CCCC(C)C2CN)c(Cl)c1. The number of nitrogens with two attached hydrogens (primary N) is 1. The van der Waals surface area contributed by atoms with Gasteiger partial charge in [-0.15, -0.1) is 0 Å². The summed E-state index contributed by atoms with van der Waals surface area (Å²) in [5.41, 5.74) is 8.68. The summed E-state index contributed by atoms with van der Waals surface area (Å²) in [5, 5.41) is 3.55. The predicted octanol–water partition coefficient (Wildman–Crippen LogP) is 2.95. The molecule has 122 valence electrons. The summed E-state index contributed by atoms with van der Waals surface area (Å²) in [6, 6.07) is 4.18. The molecule has 1 aliphatic rings. The van der Waals surface area contributed by atoms with Gasteiger partial charge in [-0.3, -0.25) is 9.69 Å². The first-order valence-corrected chi connectivity index (χ1v) is 8.31. The Hall–Kier alpha value is -1.10. The molecule has 1 aromatic carbocycles. The topological polar surface area (TPSA) is 58.4 Å². The van der Waals surface area contributed by atoms with Crippen molar-refractivity contribution >= 4 is 23.2 Å². The van der Waals surface area contributed by atoms with Crippen molar-refractivity contribution in [3.8, 4) is 0 Å². The molecular formula is C17H26ClN3O. The van der Waals surface area contributed by atoms with Crippen LogP contribution in [0.4, 0.5) is 5.69 Å². The Balaban J connectivity index is 2.04. The third-order valence-electron chi connectivity index (χ3n) is 4.52. The van der Waals surface area contributed by atoms with Gasteiger partial charge in [-0.05, 0) is 56.3 Å². The molecule has 2 atom stereocenters. The maximum Gasteiger partial charge on any atom is 0.238 e. The number of nitrogens with one attached hydrogen (secondary N) is 1. The number of carbonyl (C=O) groups is 1. The van der Waals surface area contributed by atoms with Crippen molar-refractivity contribution in [1.29, 1.82) is 0 Å². The third kappa shape index (κ3) is 4.00. The van der Waals surface area contributed by atoms with E-state index in [4.69, 9.17) is 17.3 Å². The van der Waals surface area contributed by atoms with Gasteiger partial charge in [0.1, 0.15) is 0 Å². The third-order valence-corrected chi connectivity index (χ3v) is 4.81. The molecule has 0 bridgehead atoms. The molecule has 0 radical (unpaired) electrons. The van der Waals surface area contributed by atoms with E-state index in [-0.39, 0.29) is 11.9 Å². The molecule has 1 aliphatic heterocycles. The van der Waals surface area contributed by atoms with Crippen LogP contribution in [0.25, 0.3) is 0 Å². The van der Waals surface area contributed by atoms with Gasteiger partial charge in [0.2, 0.25) is 5.91 Å². The number of piperidine rings is 1. The second kappa shape index (κ2) is 7.44. The fourth-order valence-corrected chi connectivity index (χ4v) is 3.72. The number of halogens is 1. The van der Waals surface area contributed by atoms with Crippen molar-refractivity contribution in [3.63, 3.8) is 0 Å². The number of anilines is 1. The predicted molar refractivity (Wildman–Crippen MR) is 92.4 cm³/mol. The summed E-state index contributed by atoms with van der Waals surface area (Å²) < 4.78 is 0. The Morgan fingerprint density at radius 1 is 1.45 bits per heavy atom. The van der Waals surface area contributed by atoms with E-state index in [0.717, 1.165) is 24.1 Å². The lowest BCUT2D eigenvalue weighted by molar-refractivity contribution is -0.118. The normalized spacial score (nSPS) is 22.6. The zero-order chi connectivity index (χ0) is 16.3. The minimum atomic E-state index is -0.0265. The zero-order valence-electron chi connectivity index (χ0n) is 13.7. The maximum absolute atomic E-state index is 12.4. The Morgan fingerprint density at radius 2 is 2.18 bits per heavy atom. The van der Waals surface area contributed by atoms with Gasteiger partial charge >= 0.3 is 0 Å². The molecule has 0 aliphatic carbocycles. The first-order valence-electron chi connectivity index (χ1n) is 7.93. The molecular weight excluding hydrogens is 298 g/mol. The summed E-state index contributed by atoms with van der Waals surface area (Å²) >= 11 is 6.25. The minimum absolute atomic E-state index is 0.0265. The molecule has 0 spiro atoms. The van der Waals surface area contributed by atoms with Crippen LogP contribution in [-0.4, -0.2) is 36.5 Å². The van der Waals surface area contributed by atoms with E-state index in [1.54, 1.807) is 0 Å². The molecule has 1 aromatic rings. The second-order valence-electron chi connectivity index (χ2n) is 6.38. The highest BCUT2D eigenvalue weighted by atomic mass is 35.5. The molecule has 5 heteroatoms. The van der Waals surface area contributed by atoms with Crippen molar-refractivity contribution in [3.05, 3.63) is 28.3 Å². The van der Waals surface area contributed by atoms with E-state index in [1.807, 2.05) is 26.0 Å². The van der Waals surface area contributed by atoms with Gasteiger partial charge in [0.15, 0.2) is 0 Å². The number of nitrogens with zero attached hydrogens (tertiary/aromatic N) is 1. The van der Waals surface area contributed by atoms with Crippen molar-refractivity contribution in [1.82, 2.24) is 4.90 Å². The summed E-state index contributed by atoms with van der Waals surface area (Å²) in [6.07, 6.45) is 2.30. The first kappa shape index (κ1) is 17.3. The lowest BCUT2D eigenvalue weighted by atomic mass is 9.91. The first-order chi connectivity index (χ1) is 10.4. The Morgan fingerprint density at radius 3 is 2.82 bits per heavy atom. The highest BCUT2D eigenvalue weighted by molar-refractivity contribution is 6.34. The number of hydrogen-bond acceptors (Lipinski definition) is 3. The number of amides is 1. The molecule has 3 N–H and O–H groups in total. The van der Waals surface area contributed by atoms with Crippen LogP contribution in [0.3, 0.4) is 0 Å². The van der Waals surface area contributed by atoms with Gasteiger partial charge in [-0.1, -0.05) is 24.6 Å². The molecule has 0 aromatic heterocycles. The fourth-order valence-electron chi connectivity index (χ4n) is 3.35. The molecule has 0 saturated carbocycles. The van der Waals surface area contributed by atoms with Crippen LogP contribution in [0.15, 0.2) is 12.1 Å². The van der Waals surface area contributed by atoms with Crippen molar-refractivity contribution in [2.24, 2.45) is 11.7 Å². The molecule has 2 unspecified atom stereocenters. The van der Waals surface area contributed by atoms with Crippen molar-refractivity contribution in [2.75, 3.05) is 25.0 Å². The van der Waals surface area contributed by atoms with Crippen LogP contribution in [0.2, 0.25) is 5.02 Å². The molecule has 22 heavy (non-hydrogen) atoms. The molecule has 1 heterocycles. The van der Waals surface area contributed by atoms with Crippen LogP contribution in [0.1, 0.15) is 30.9 Å². The summed E-state index contributed by atoms with van der Waals surface area (Å²) in [4.78, 5) is 14.6. The molecule has 2 rings (SSSR count). The highest BCUT2D eigenvalue weighted by Gasteiger charge is 2.28. The minimum Gasteiger partial charge on any atom is -0.329 e. The van der Waals surface area contributed by atoms with Crippen molar-refractivity contribution < 1.29 is 4.79 Å². The van der Waals surface area contributed by atoms with Crippen LogP contribution >= 0.6 is 11.6 Å². The number of aryl methyl sites for hydroxylation is 2. The molecule has 4 nitrogen and oxygen atoms in total. The van der Waals surface area contributed by atoms with Crippen LogP contribution in [0, 0.1) is 19.8 Å². The van der Waals surface area contributed by atoms with E-state index in [1.165, 1.54) is 6.42 Å². The van der Waals surface area contributed by atoms with Gasteiger partial charge in [0.05, 0.1) is 17.3 Å². The number of likely N-dealkylation sites (tertiary alicyclic amines) is 1. The Labute approximate surface area is 138 Å². The number of carbonyl (C=O) groups excluding carboxylic acids is 1. The van der Waals surface area contributed by atoms with Gasteiger partial charge in [0, 0.05) is 12.6 Å². The number of hydrogen-bond donors (Lipinski definition) is 2. The summed E-state index contributed by atoms with van der Waals surface area (Å²) in [7, 11) is 0. The summed E-state index contributed by atoms with van der Waals surface area (Å²) in [5.74, 6) is 0.512. The molecule has 1 saturated heterocycles. The van der Waals surface area contributed by atoms with Gasteiger partial charge in [0.25, 0.3) is 0 Å². The summed E-state index contributed by atoms with van der Waals surface area (Å²) in [6.45, 7) is 8.06. The van der Waals surface area contributed by atoms with Gasteiger partial charge < -0.3 is 11.1 Å². The lowest BCUT2D eigenvalue weighted by Crippen LogP contribution is -2.51. The lowest BCUT2D eigenvalue weighted by Gasteiger charge is -2.39. The number of benzene rings is 1. The van der Waals surface area contributed by atoms with E-state index in [2.05, 4.69) is 17.1 Å². The van der Waals surface area contributed by atoms with Gasteiger partial charge in [-0.25, -0.2) is 0 Å². The average molecular weight is 324 g/mol. The fraction of sp³-hybridized carbons (Fsp3) is 0.588. The van der Waals surface area contributed by atoms with E-state index < -0.39 is 0 Å². The highest BCUT2D eigenvalue weighted by Crippen LogP contribution is 2.28. The molecule has 1 fully saturated rings. The molecule has 1 amide bonds. The van der Waals surface area contributed by atoms with Crippen LogP contribution in [-0.2, 0) is 4.79 Å². The Kier molecular flexibility index (Phi) is 5.84. The van der Waals surface area contributed by atoms with E-state index >= 15 is 0 Å². The quantitative estimate of drug-likeness (QED) is 0.895. The zero-order valence-corrected chi connectivity index (χ0v) is 14.4. The van der Waals surface area contributed by atoms with Crippen LogP contribution < -0.4 is 11.1 Å².